The van der Waals surface area contributed by atoms with Crippen LogP contribution in [0, 0.1) is 17.8 Å². The van der Waals surface area contributed by atoms with Gasteiger partial charge in [-0.2, -0.15) is 0 Å². The van der Waals surface area contributed by atoms with E-state index in [0.717, 1.165) is 12.8 Å². The van der Waals surface area contributed by atoms with Crippen molar-refractivity contribution in [3.05, 3.63) is 24.3 Å². The van der Waals surface area contributed by atoms with Gasteiger partial charge in [-0.1, -0.05) is 13.8 Å². The van der Waals surface area contributed by atoms with E-state index >= 15 is 0 Å². The highest BCUT2D eigenvalue weighted by Gasteiger charge is 2.61. The van der Waals surface area contributed by atoms with E-state index in [1.165, 1.54) is 14.2 Å². The van der Waals surface area contributed by atoms with Crippen molar-refractivity contribution in [2.24, 2.45) is 17.8 Å². The zero-order valence-electron chi connectivity index (χ0n) is 18.8. The summed E-state index contributed by atoms with van der Waals surface area (Å²) in [6.07, 6.45) is 2.08. The van der Waals surface area contributed by atoms with Gasteiger partial charge in [0.2, 0.25) is 5.91 Å². The van der Waals surface area contributed by atoms with Crippen molar-refractivity contribution in [1.29, 1.82) is 0 Å². The molecule has 2 bridgehead atoms. The van der Waals surface area contributed by atoms with E-state index in [4.69, 9.17) is 14.2 Å². The van der Waals surface area contributed by atoms with Crippen LogP contribution in [0.4, 0.5) is 5.69 Å². The van der Waals surface area contributed by atoms with Gasteiger partial charge in [0, 0.05) is 17.8 Å². The molecule has 2 heterocycles. The Bertz CT molecular complexity index is 779. The van der Waals surface area contributed by atoms with E-state index in [1.54, 1.807) is 31.4 Å². The predicted octanol–water partition coefficient (Wildman–Crippen LogP) is 2.47. The van der Waals surface area contributed by atoms with E-state index in [2.05, 4.69) is 24.1 Å². The normalized spacial score (nSPS) is 25.9. The lowest BCUT2D eigenvalue weighted by atomic mass is 9.79. The minimum Gasteiger partial charge on any atom is -0.497 e. The Labute approximate surface area is 183 Å². The van der Waals surface area contributed by atoms with Crippen LogP contribution >= 0.6 is 0 Å². The fraction of sp³-hybridized carbons (Fsp3) is 0.609. The van der Waals surface area contributed by atoms with Gasteiger partial charge in [0.05, 0.1) is 39.2 Å². The van der Waals surface area contributed by atoms with Gasteiger partial charge in [-0.3, -0.25) is 19.3 Å². The molecule has 2 aliphatic heterocycles. The van der Waals surface area contributed by atoms with Crippen LogP contribution in [0.2, 0.25) is 0 Å². The molecule has 170 valence electrons. The topological polar surface area (TPSA) is 94.2 Å². The third kappa shape index (κ3) is 4.54. The number of hydrogen-bond acceptors (Lipinski definition) is 7. The van der Waals surface area contributed by atoms with Gasteiger partial charge in [0.15, 0.2) is 0 Å². The van der Waals surface area contributed by atoms with Crippen LogP contribution in [-0.4, -0.2) is 62.2 Å². The molecule has 1 aromatic rings. The Balaban J connectivity index is 1.89. The highest BCUT2D eigenvalue weighted by molar-refractivity contribution is 5.95. The van der Waals surface area contributed by atoms with Gasteiger partial charge in [0.1, 0.15) is 5.75 Å². The van der Waals surface area contributed by atoms with Crippen LogP contribution in [-0.2, 0) is 23.9 Å². The first-order valence-corrected chi connectivity index (χ1v) is 10.7. The number of ether oxygens (including phenoxy) is 3. The maximum atomic E-state index is 13.4. The molecule has 2 fully saturated rings. The lowest BCUT2D eigenvalue weighted by Crippen LogP contribution is -2.48. The average molecular weight is 433 g/mol. The van der Waals surface area contributed by atoms with Crippen molar-refractivity contribution in [3.8, 4) is 5.75 Å². The largest absolute Gasteiger partial charge is 0.497 e. The first kappa shape index (κ1) is 23.1. The molecule has 3 rings (SSSR count). The number of hydrogen-bond donors (Lipinski definition) is 1. The summed E-state index contributed by atoms with van der Waals surface area (Å²) in [5, 5.41) is 2.99. The maximum absolute atomic E-state index is 13.4. The molecule has 1 N–H and O–H groups in total. The van der Waals surface area contributed by atoms with Crippen LogP contribution in [0.5, 0.6) is 5.75 Å². The molecule has 1 unspecified atom stereocenters. The molecule has 0 radical (unpaired) electrons. The van der Waals surface area contributed by atoms with Gasteiger partial charge in [-0.25, -0.2) is 0 Å². The summed E-state index contributed by atoms with van der Waals surface area (Å²) in [6, 6.07) is 6.22. The van der Waals surface area contributed by atoms with Crippen molar-refractivity contribution in [2.45, 2.75) is 51.2 Å². The first-order valence-electron chi connectivity index (χ1n) is 10.7. The summed E-state index contributed by atoms with van der Waals surface area (Å²) in [6.45, 7) is 4.11. The molecule has 2 aliphatic rings. The van der Waals surface area contributed by atoms with Gasteiger partial charge >= 0.3 is 11.9 Å². The molecular weight excluding hydrogens is 400 g/mol. The fourth-order valence-electron chi connectivity index (χ4n) is 5.15. The molecule has 8 heteroatoms. The summed E-state index contributed by atoms with van der Waals surface area (Å²) in [7, 11) is 4.24. The zero-order chi connectivity index (χ0) is 22.7. The van der Waals surface area contributed by atoms with Crippen LogP contribution in [0.15, 0.2) is 24.3 Å². The number of anilines is 1. The van der Waals surface area contributed by atoms with Crippen molar-refractivity contribution >= 4 is 23.5 Å². The quantitative estimate of drug-likeness (QED) is 0.631. The summed E-state index contributed by atoms with van der Waals surface area (Å²) < 4.78 is 15.2. The minimum atomic E-state index is -0.625. The second kappa shape index (κ2) is 9.68. The Kier molecular flexibility index (Phi) is 7.20. The number of benzene rings is 1. The highest BCUT2D eigenvalue weighted by Crippen LogP contribution is 2.48. The molecule has 31 heavy (non-hydrogen) atoms. The molecule has 8 nitrogen and oxygen atoms in total. The third-order valence-electron chi connectivity index (χ3n) is 6.40. The monoisotopic (exact) mass is 432 g/mol. The van der Waals surface area contributed by atoms with E-state index in [1.807, 2.05) is 0 Å². The smallest absolute Gasteiger partial charge is 0.311 e. The number of carbonyl (C=O) groups excluding carboxylic acids is 3. The van der Waals surface area contributed by atoms with Crippen molar-refractivity contribution < 1.29 is 28.6 Å². The van der Waals surface area contributed by atoms with Crippen molar-refractivity contribution in [2.75, 3.05) is 26.6 Å². The van der Waals surface area contributed by atoms with Crippen molar-refractivity contribution in [1.82, 2.24) is 4.90 Å². The van der Waals surface area contributed by atoms with Crippen LogP contribution < -0.4 is 10.1 Å². The SMILES string of the molecule is COC(=O)[C@H]1[C@H](C(=O)OC)[C@@H]2CC[C@H]1N2C(CC(C)C)C(=O)Nc1ccc(OC)cc1. The lowest BCUT2D eigenvalue weighted by Gasteiger charge is -2.32. The van der Waals surface area contributed by atoms with Crippen LogP contribution in [0.1, 0.15) is 33.1 Å². The highest BCUT2D eigenvalue weighted by atomic mass is 16.5. The molecule has 0 aromatic heterocycles. The molecule has 1 aromatic carbocycles. The Morgan fingerprint density at radius 1 is 0.968 bits per heavy atom. The van der Waals surface area contributed by atoms with E-state index in [9.17, 15) is 14.4 Å². The maximum Gasteiger partial charge on any atom is 0.311 e. The molecule has 0 spiro atoms. The number of methoxy groups -OCH3 is 3. The van der Waals surface area contributed by atoms with Gasteiger partial charge < -0.3 is 19.5 Å². The Morgan fingerprint density at radius 3 is 1.90 bits per heavy atom. The standard InChI is InChI=1S/C23H32N2O6/c1-13(2)12-18(21(26)24-14-6-8-15(29-3)9-7-14)25-16-10-11-17(25)20(23(28)31-5)19(16)22(27)30-4/h6-9,13,16-20H,10-12H2,1-5H3,(H,24,26)/t16-,17+,18?,19-,20-/m1/s1. The molecule has 1 amide bonds. The van der Waals surface area contributed by atoms with Crippen LogP contribution in [0.25, 0.3) is 0 Å². The Morgan fingerprint density at radius 2 is 1.48 bits per heavy atom. The van der Waals surface area contributed by atoms with E-state index in [-0.39, 0.29) is 23.9 Å². The molecule has 0 saturated carbocycles. The summed E-state index contributed by atoms with van der Waals surface area (Å²) in [5.74, 6) is -1.29. The number of nitrogens with zero attached hydrogens (tertiary/aromatic N) is 1. The summed E-state index contributed by atoms with van der Waals surface area (Å²) >= 11 is 0. The third-order valence-corrected chi connectivity index (χ3v) is 6.40. The van der Waals surface area contributed by atoms with Gasteiger partial charge in [-0.15, -0.1) is 0 Å². The van der Waals surface area contributed by atoms with Gasteiger partial charge in [0.25, 0.3) is 0 Å². The number of amides is 1. The second-order valence-electron chi connectivity index (χ2n) is 8.62. The average Bonchev–Trinajstić information content (AvgIpc) is 3.32. The minimum absolute atomic E-state index is 0.148. The van der Waals surface area contributed by atoms with E-state index in [0.29, 0.717) is 17.9 Å². The van der Waals surface area contributed by atoms with E-state index < -0.39 is 29.8 Å². The van der Waals surface area contributed by atoms with Crippen LogP contribution in [0.3, 0.4) is 0 Å². The number of fused-ring (bicyclic) bond motifs is 2. The summed E-state index contributed by atoms with van der Waals surface area (Å²) in [4.78, 5) is 40.6. The zero-order valence-corrected chi connectivity index (χ0v) is 18.8. The number of carbonyl (C=O) groups is 3. The number of esters is 2. The summed E-state index contributed by atoms with van der Waals surface area (Å²) in [5.41, 5.74) is 0.667. The predicted molar refractivity (Wildman–Crippen MR) is 115 cm³/mol. The molecule has 5 atom stereocenters. The number of nitrogens with one attached hydrogen (secondary N) is 1. The van der Waals surface area contributed by atoms with Crippen molar-refractivity contribution in [3.63, 3.8) is 0 Å². The second-order valence-corrected chi connectivity index (χ2v) is 8.62. The molecule has 2 saturated heterocycles. The Hall–Kier alpha value is -2.61. The lowest BCUT2D eigenvalue weighted by molar-refractivity contribution is -0.157. The fourth-order valence-corrected chi connectivity index (χ4v) is 5.15. The first-order chi connectivity index (χ1) is 14.8. The number of rotatable bonds is 8. The molecular formula is C23H32N2O6. The van der Waals surface area contributed by atoms with Gasteiger partial charge in [-0.05, 0) is 49.4 Å². The molecule has 0 aliphatic carbocycles.